The molecule has 3 aromatic rings. The van der Waals surface area contributed by atoms with Gasteiger partial charge in [0.1, 0.15) is 5.75 Å². The van der Waals surface area contributed by atoms with Gasteiger partial charge in [-0.1, -0.05) is 42.5 Å². The van der Waals surface area contributed by atoms with Crippen molar-refractivity contribution >= 4 is 17.3 Å². The van der Waals surface area contributed by atoms with Crippen LogP contribution in [-0.4, -0.2) is 44.1 Å². The maximum absolute atomic E-state index is 13.7. The minimum atomic E-state index is 0.160. The van der Waals surface area contributed by atoms with Crippen molar-refractivity contribution in [2.75, 3.05) is 43.5 Å². The number of ether oxygens (including phenoxy) is 1. The number of piperazine rings is 1. The summed E-state index contributed by atoms with van der Waals surface area (Å²) in [4.78, 5) is 18.0. The number of carbonyl (C=O) groups excluding carboxylic acids is 1. The zero-order chi connectivity index (χ0) is 24.9. The summed E-state index contributed by atoms with van der Waals surface area (Å²) >= 11 is 0. The highest BCUT2D eigenvalue weighted by molar-refractivity contribution is 5.95. The lowest BCUT2D eigenvalue weighted by Crippen LogP contribution is -2.49. The number of benzene rings is 3. The number of carbonyl (C=O) groups is 1. The number of amides is 1. The molecule has 5 atom stereocenters. The Morgan fingerprint density at radius 2 is 1.65 bits per heavy atom. The molecule has 1 saturated heterocycles. The average molecular weight is 494 g/mol. The van der Waals surface area contributed by atoms with E-state index in [9.17, 15) is 4.79 Å². The molecule has 0 radical (unpaired) electrons. The number of anilines is 2. The summed E-state index contributed by atoms with van der Waals surface area (Å²) in [5.41, 5.74) is 5.94. The lowest BCUT2D eigenvalue weighted by molar-refractivity contribution is 0.0746. The van der Waals surface area contributed by atoms with Gasteiger partial charge in [-0.15, -0.1) is 0 Å². The molecule has 37 heavy (non-hydrogen) atoms. The Bertz CT molecular complexity index is 1300. The number of rotatable bonds is 4. The van der Waals surface area contributed by atoms with Crippen molar-refractivity contribution < 1.29 is 9.53 Å². The van der Waals surface area contributed by atoms with E-state index in [0.29, 0.717) is 17.9 Å². The fourth-order valence-corrected chi connectivity index (χ4v) is 7.83. The predicted molar refractivity (Wildman–Crippen MR) is 147 cm³/mol. The molecule has 2 heterocycles. The zero-order valence-corrected chi connectivity index (χ0v) is 21.5. The second-order valence-corrected chi connectivity index (χ2v) is 11.2. The molecule has 0 unspecified atom stereocenters. The number of nitrogens with one attached hydrogen (secondary N) is 1. The van der Waals surface area contributed by atoms with Gasteiger partial charge in [0.05, 0.1) is 18.8 Å². The van der Waals surface area contributed by atoms with E-state index >= 15 is 0 Å². The molecule has 2 aliphatic carbocycles. The Morgan fingerprint density at radius 1 is 0.892 bits per heavy atom. The van der Waals surface area contributed by atoms with Crippen molar-refractivity contribution in [3.63, 3.8) is 0 Å². The summed E-state index contributed by atoms with van der Waals surface area (Å²) in [5.74, 6) is 3.74. The van der Waals surface area contributed by atoms with Crippen LogP contribution in [0, 0.1) is 17.8 Å². The van der Waals surface area contributed by atoms with E-state index in [2.05, 4.69) is 58.7 Å². The Balaban J connectivity index is 1.12. The molecule has 0 spiro atoms. The van der Waals surface area contributed by atoms with Gasteiger partial charge < -0.3 is 19.9 Å². The van der Waals surface area contributed by atoms with Crippen molar-refractivity contribution in [1.29, 1.82) is 0 Å². The number of hydrogen-bond acceptors (Lipinski definition) is 4. The van der Waals surface area contributed by atoms with Crippen molar-refractivity contribution in [3.05, 3.63) is 89.5 Å². The van der Waals surface area contributed by atoms with E-state index in [1.807, 2.05) is 29.2 Å². The van der Waals surface area contributed by atoms with Gasteiger partial charge in [-0.3, -0.25) is 4.79 Å². The van der Waals surface area contributed by atoms with Crippen molar-refractivity contribution in [2.45, 2.75) is 31.2 Å². The minimum absolute atomic E-state index is 0.160. The van der Waals surface area contributed by atoms with Crippen LogP contribution in [0.3, 0.4) is 0 Å². The first kappa shape index (κ1) is 22.7. The third kappa shape index (κ3) is 3.78. The van der Waals surface area contributed by atoms with Gasteiger partial charge >= 0.3 is 0 Å². The van der Waals surface area contributed by atoms with Crippen LogP contribution in [0.15, 0.2) is 72.8 Å². The lowest BCUT2D eigenvalue weighted by Gasteiger charge is -2.44. The predicted octanol–water partition coefficient (Wildman–Crippen LogP) is 5.95. The molecule has 2 aliphatic heterocycles. The lowest BCUT2D eigenvalue weighted by atomic mass is 9.68. The van der Waals surface area contributed by atoms with E-state index < -0.39 is 0 Å². The molecule has 0 aromatic heterocycles. The van der Waals surface area contributed by atoms with Gasteiger partial charge in [0.2, 0.25) is 0 Å². The largest absolute Gasteiger partial charge is 0.495 e. The van der Waals surface area contributed by atoms with Gasteiger partial charge in [-0.05, 0) is 84.4 Å². The van der Waals surface area contributed by atoms with Crippen molar-refractivity contribution in [3.8, 4) is 5.75 Å². The number of para-hydroxylation sites is 2. The molecule has 2 saturated carbocycles. The number of nitrogens with zero attached hydrogens (tertiary/aromatic N) is 2. The maximum Gasteiger partial charge on any atom is 0.253 e. The number of fused-ring (bicyclic) bond motifs is 7. The SMILES string of the molecule is COc1ccccc1N1CCN(C(=O)c2ccc3c(c2)[C@H]2[C@@H]4CC[C@@H](C4)[C@@H]2[C@@H](c2ccccc2)N3)CC1. The Kier molecular flexibility index (Phi) is 5.60. The van der Waals surface area contributed by atoms with E-state index in [-0.39, 0.29) is 5.91 Å². The highest BCUT2D eigenvalue weighted by atomic mass is 16.5. The monoisotopic (exact) mass is 493 g/mol. The fraction of sp³-hybridized carbons (Fsp3) is 0.406. The van der Waals surface area contributed by atoms with Gasteiger partial charge in [0.25, 0.3) is 5.91 Å². The Morgan fingerprint density at radius 3 is 2.46 bits per heavy atom. The van der Waals surface area contributed by atoms with E-state index in [4.69, 9.17) is 4.74 Å². The molecule has 5 heteroatoms. The zero-order valence-electron chi connectivity index (χ0n) is 21.5. The van der Waals surface area contributed by atoms with Crippen LogP contribution in [0.4, 0.5) is 11.4 Å². The molecule has 4 aliphatic rings. The summed E-state index contributed by atoms with van der Waals surface area (Å²) < 4.78 is 5.56. The molecular formula is C32H35N3O2. The van der Waals surface area contributed by atoms with Crippen LogP contribution in [0.1, 0.15) is 52.7 Å². The molecule has 1 N–H and O–H groups in total. The Labute approximate surface area is 219 Å². The van der Waals surface area contributed by atoms with Gasteiger partial charge in [0.15, 0.2) is 0 Å². The quantitative estimate of drug-likeness (QED) is 0.488. The van der Waals surface area contributed by atoms with Crippen LogP contribution in [-0.2, 0) is 0 Å². The second-order valence-electron chi connectivity index (χ2n) is 11.2. The summed E-state index contributed by atoms with van der Waals surface area (Å²) in [6.07, 6.45) is 4.01. The number of methoxy groups -OCH3 is 1. The maximum atomic E-state index is 13.7. The highest BCUT2D eigenvalue weighted by Gasteiger charge is 2.53. The summed E-state index contributed by atoms with van der Waals surface area (Å²) in [6, 6.07) is 25.9. The molecule has 3 aromatic carbocycles. The van der Waals surface area contributed by atoms with Crippen LogP contribution in [0.25, 0.3) is 0 Å². The van der Waals surface area contributed by atoms with Crippen LogP contribution in [0.2, 0.25) is 0 Å². The molecule has 3 fully saturated rings. The Hall–Kier alpha value is -3.47. The van der Waals surface area contributed by atoms with Crippen LogP contribution in [0.5, 0.6) is 5.75 Å². The summed E-state index contributed by atoms with van der Waals surface area (Å²) in [5, 5.41) is 3.91. The molecule has 190 valence electrons. The van der Waals surface area contributed by atoms with Gasteiger partial charge in [-0.25, -0.2) is 0 Å². The fourth-order valence-electron chi connectivity index (χ4n) is 7.83. The van der Waals surface area contributed by atoms with E-state index in [0.717, 1.165) is 55.0 Å². The van der Waals surface area contributed by atoms with Gasteiger partial charge in [-0.2, -0.15) is 0 Å². The second kappa shape index (κ2) is 9.13. The first-order valence-electron chi connectivity index (χ1n) is 13.8. The summed E-state index contributed by atoms with van der Waals surface area (Å²) in [7, 11) is 1.71. The van der Waals surface area contributed by atoms with Crippen LogP contribution >= 0.6 is 0 Å². The first-order chi connectivity index (χ1) is 18.2. The smallest absolute Gasteiger partial charge is 0.253 e. The molecule has 2 bridgehead atoms. The molecular weight excluding hydrogens is 458 g/mol. The van der Waals surface area contributed by atoms with Crippen molar-refractivity contribution in [2.24, 2.45) is 17.8 Å². The average Bonchev–Trinajstić information content (AvgIpc) is 3.60. The molecule has 1 amide bonds. The molecule has 7 rings (SSSR count). The van der Waals surface area contributed by atoms with Gasteiger partial charge in [0, 0.05) is 37.4 Å². The third-order valence-electron chi connectivity index (χ3n) is 9.49. The normalized spacial score (nSPS) is 27.9. The van der Waals surface area contributed by atoms with E-state index in [1.165, 1.54) is 36.1 Å². The van der Waals surface area contributed by atoms with E-state index in [1.54, 1.807) is 7.11 Å². The van der Waals surface area contributed by atoms with Crippen LogP contribution < -0.4 is 15.0 Å². The first-order valence-corrected chi connectivity index (χ1v) is 13.8. The number of hydrogen-bond donors (Lipinski definition) is 1. The third-order valence-corrected chi connectivity index (χ3v) is 9.49. The summed E-state index contributed by atoms with van der Waals surface area (Å²) in [6.45, 7) is 3.07. The highest BCUT2D eigenvalue weighted by Crippen LogP contribution is 2.63. The van der Waals surface area contributed by atoms with Crippen molar-refractivity contribution in [1.82, 2.24) is 4.90 Å². The standard InChI is InChI=1S/C32H35N3O2/c1-37-28-10-6-5-9-27(28)34-15-17-35(18-16-34)32(36)24-13-14-26-25(20-24)29-22-11-12-23(19-22)30(29)31(33-26)21-7-3-2-4-8-21/h2-10,13-14,20,22-23,29-31,33H,11-12,15-19H2,1H3/t22-,23+,29-,30+,31-/m1/s1. The topological polar surface area (TPSA) is 44.8 Å². The minimum Gasteiger partial charge on any atom is -0.495 e. The molecule has 5 nitrogen and oxygen atoms in total.